The van der Waals surface area contributed by atoms with Crippen LogP contribution in [0.5, 0.6) is 11.5 Å². The van der Waals surface area contributed by atoms with Gasteiger partial charge < -0.3 is 30.6 Å². The molecule has 2 rings (SSSR count). The van der Waals surface area contributed by atoms with Gasteiger partial charge in [0.1, 0.15) is 0 Å². The Morgan fingerprint density at radius 3 is 2.23 bits per heavy atom. The Kier molecular flexibility index (Phi) is 9.90. The minimum Gasteiger partial charge on any atom is -0.504 e. The fraction of sp³-hybridized carbons (Fsp3) is 0.222. The van der Waals surface area contributed by atoms with Crippen LogP contribution in [0.4, 0.5) is 5.69 Å². The van der Waals surface area contributed by atoms with Crippen molar-refractivity contribution in [1.82, 2.24) is 4.90 Å². The second-order valence-electron chi connectivity index (χ2n) is 5.27. The molecule has 0 heterocycles. The number of carbonyl (C=O) groups is 2. The molecule has 0 aliphatic heterocycles. The van der Waals surface area contributed by atoms with Crippen LogP contribution in [0.15, 0.2) is 42.5 Å². The number of methoxy groups -OCH3 is 1. The summed E-state index contributed by atoms with van der Waals surface area (Å²) in [6, 6.07) is 11.7. The molecule has 8 heteroatoms. The van der Waals surface area contributed by atoms with E-state index >= 15 is 0 Å². The van der Waals surface area contributed by atoms with Crippen molar-refractivity contribution in [2.75, 3.05) is 26.5 Å². The molecule has 0 bridgehead atoms. The first-order chi connectivity index (χ1) is 11.9. The third-order valence-electron chi connectivity index (χ3n) is 3.13. The van der Waals surface area contributed by atoms with Crippen LogP contribution in [0.1, 0.15) is 15.9 Å². The Bertz CT molecular complexity index is 701. The lowest BCUT2D eigenvalue weighted by atomic mass is 10.1. The van der Waals surface area contributed by atoms with Crippen molar-refractivity contribution in [3.63, 3.8) is 0 Å². The quantitative estimate of drug-likeness (QED) is 0.667. The van der Waals surface area contributed by atoms with Gasteiger partial charge >= 0.3 is 5.97 Å². The number of para-hydroxylation sites is 1. The monoisotopic (exact) mass is 364 g/mol. The van der Waals surface area contributed by atoms with Crippen LogP contribution in [0, 0.1) is 0 Å². The van der Waals surface area contributed by atoms with Gasteiger partial charge in [-0.1, -0.05) is 12.1 Å². The standard InChI is InChI=1S/C15H15NO4.C3H7NO.H2O/c1-20-13-4-2-3-11(14(13)17)9-16-12-7-5-10(6-8-12)15(18)19;1-4(2)3-5;/h2-8,16-17H,9H2,1H3,(H,18,19);3H,1-2H3;1H2. The molecular weight excluding hydrogens is 340 g/mol. The van der Waals surface area contributed by atoms with Gasteiger partial charge in [-0.25, -0.2) is 4.79 Å². The summed E-state index contributed by atoms with van der Waals surface area (Å²) in [6.45, 7) is 0.412. The number of phenolic OH excluding ortho intramolecular Hbond substituents is 1. The van der Waals surface area contributed by atoms with E-state index < -0.39 is 5.97 Å². The first kappa shape index (κ1) is 22.7. The second kappa shape index (κ2) is 11.3. The molecule has 142 valence electrons. The highest BCUT2D eigenvalue weighted by molar-refractivity contribution is 5.88. The average molecular weight is 364 g/mol. The molecule has 0 aromatic heterocycles. The number of hydrogen-bond acceptors (Lipinski definition) is 5. The van der Waals surface area contributed by atoms with Crippen molar-refractivity contribution >= 4 is 18.1 Å². The number of hydrogen-bond donors (Lipinski definition) is 3. The lowest BCUT2D eigenvalue weighted by Crippen LogP contribution is -2.06. The normalized spacial score (nSPS) is 9.04. The number of carboxylic acids is 1. The predicted molar refractivity (Wildman–Crippen MR) is 98.8 cm³/mol. The average Bonchev–Trinajstić information content (AvgIpc) is 2.61. The number of aromatic hydroxyl groups is 1. The Labute approximate surface area is 151 Å². The third-order valence-corrected chi connectivity index (χ3v) is 3.13. The predicted octanol–water partition coefficient (Wildman–Crippen LogP) is 1.59. The summed E-state index contributed by atoms with van der Waals surface area (Å²) in [5.41, 5.74) is 1.71. The number of aromatic carboxylic acids is 1. The summed E-state index contributed by atoms with van der Waals surface area (Å²) in [6.07, 6.45) is 0.750. The molecular formula is C18H24N2O6. The maximum atomic E-state index is 10.7. The number of benzene rings is 2. The van der Waals surface area contributed by atoms with Gasteiger partial charge in [0, 0.05) is 31.9 Å². The van der Waals surface area contributed by atoms with Gasteiger partial charge in [0.05, 0.1) is 12.7 Å². The van der Waals surface area contributed by atoms with E-state index in [4.69, 9.17) is 9.84 Å². The van der Waals surface area contributed by atoms with Gasteiger partial charge in [0.25, 0.3) is 0 Å². The SMILES string of the molecule is CN(C)C=O.COc1cccc(CNc2ccc(C(=O)O)cc2)c1O.O. The van der Waals surface area contributed by atoms with E-state index in [-0.39, 0.29) is 16.8 Å². The van der Waals surface area contributed by atoms with Crippen molar-refractivity contribution in [2.24, 2.45) is 0 Å². The Hall–Kier alpha value is -3.26. The topological polar surface area (TPSA) is 131 Å². The van der Waals surface area contributed by atoms with E-state index in [1.165, 1.54) is 24.1 Å². The van der Waals surface area contributed by atoms with Gasteiger partial charge in [-0.3, -0.25) is 4.79 Å². The third kappa shape index (κ3) is 7.10. The second-order valence-corrected chi connectivity index (χ2v) is 5.27. The molecule has 8 nitrogen and oxygen atoms in total. The lowest BCUT2D eigenvalue weighted by Gasteiger charge is -2.10. The van der Waals surface area contributed by atoms with Crippen LogP contribution in [-0.2, 0) is 11.3 Å². The van der Waals surface area contributed by atoms with Crippen LogP contribution < -0.4 is 10.1 Å². The molecule has 0 spiro atoms. The number of anilines is 1. The molecule has 0 saturated carbocycles. The van der Waals surface area contributed by atoms with Crippen LogP contribution in [0.3, 0.4) is 0 Å². The molecule has 0 atom stereocenters. The highest BCUT2D eigenvalue weighted by Gasteiger charge is 2.07. The molecule has 0 fully saturated rings. The maximum Gasteiger partial charge on any atom is 0.335 e. The van der Waals surface area contributed by atoms with E-state index in [1.807, 2.05) is 0 Å². The smallest absolute Gasteiger partial charge is 0.335 e. The van der Waals surface area contributed by atoms with Crippen LogP contribution in [0.25, 0.3) is 0 Å². The molecule has 5 N–H and O–H groups in total. The number of carbonyl (C=O) groups excluding carboxylic acids is 1. The molecule has 0 radical (unpaired) electrons. The summed E-state index contributed by atoms with van der Waals surface area (Å²) in [4.78, 5) is 21.6. The molecule has 26 heavy (non-hydrogen) atoms. The van der Waals surface area contributed by atoms with Crippen molar-refractivity contribution in [3.05, 3.63) is 53.6 Å². The minimum atomic E-state index is -0.956. The van der Waals surface area contributed by atoms with Gasteiger partial charge in [-0.05, 0) is 30.3 Å². The molecule has 0 aliphatic carbocycles. The Balaban J connectivity index is 0.000000923. The van der Waals surface area contributed by atoms with Crippen LogP contribution in [-0.4, -0.2) is 54.2 Å². The highest BCUT2D eigenvalue weighted by Crippen LogP contribution is 2.29. The fourth-order valence-corrected chi connectivity index (χ4v) is 1.80. The van der Waals surface area contributed by atoms with Crippen molar-refractivity contribution in [1.29, 1.82) is 0 Å². The number of phenols is 1. The lowest BCUT2D eigenvalue weighted by molar-refractivity contribution is -0.115. The summed E-state index contributed by atoms with van der Waals surface area (Å²) < 4.78 is 5.04. The zero-order chi connectivity index (χ0) is 18.8. The molecule has 2 aromatic rings. The number of amides is 1. The van der Waals surface area contributed by atoms with Gasteiger partial charge in [0.2, 0.25) is 6.41 Å². The van der Waals surface area contributed by atoms with Crippen molar-refractivity contribution in [3.8, 4) is 11.5 Å². The fourth-order valence-electron chi connectivity index (χ4n) is 1.80. The molecule has 1 amide bonds. The Morgan fingerprint density at radius 2 is 1.77 bits per heavy atom. The molecule has 0 unspecified atom stereocenters. The first-order valence-electron chi connectivity index (χ1n) is 7.42. The summed E-state index contributed by atoms with van der Waals surface area (Å²) in [7, 11) is 4.87. The van der Waals surface area contributed by atoms with Crippen molar-refractivity contribution in [2.45, 2.75) is 6.54 Å². The van der Waals surface area contributed by atoms with E-state index in [1.54, 1.807) is 44.4 Å². The maximum absolute atomic E-state index is 10.7. The van der Waals surface area contributed by atoms with Crippen LogP contribution >= 0.6 is 0 Å². The number of rotatable bonds is 6. The first-order valence-corrected chi connectivity index (χ1v) is 7.42. The number of ether oxygens (including phenoxy) is 1. The van der Waals surface area contributed by atoms with Gasteiger partial charge in [-0.2, -0.15) is 0 Å². The number of carboxylic acid groups (broad SMARTS) is 1. The summed E-state index contributed by atoms with van der Waals surface area (Å²) in [5.74, 6) is -0.433. The van der Waals surface area contributed by atoms with Crippen molar-refractivity contribution < 1.29 is 30.0 Å². The summed E-state index contributed by atoms with van der Waals surface area (Å²) in [5, 5.41) is 21.9. The molecule has 0 saturated heterocycles. The van der Waals surface area contributed by atoms with E-state index in [0.717, 1.165) is 12.1 Å². The van der Waals surface area contributed by atoms with E-state index in [0.29, 0.717) is 17.9 Å². The van der Waals surface area contributed by atoms with Gasteiger partial charge in [0.15, 0.2) is 11.5 Å². The molecule has 0 aliphatic rings. The highest BCUT2D eigenvalue weighted by atomic mass is 16.5. The molecule has 2 aromatic carbocycles. The summed E-state index contributed by atoms with van der Waals surface area (Å²) >= 11 is 0. The zero-order valence-electron chi connectivity index (χ0n) is 14.9. The minimum absolute atomic E-state index is 0. The van der Waals surface area contributed by atoms with Crippen LogP contribution in [0.2, 0.25) is 0 Å². The van der Waals surface area contributed by atoms with Gasteiger partial charge in [-0.15, -0.1) is 0 Å². The number of nitrogens with zero attached hydrogens (tertiary/aromatic N) is 1. The van der Waals surface area contributed by atoms with E-state index in [2.05, 4.69) is 5.32 Å². The zero-order valence-corrected chi connectivity index (χ0v) is 14.9. The van der Waals surface area contributed by atoms with E-state index in [9.17, 15) is 14.7 Å². The number of nitrogens with one attached hydrogen (secondary N) is 1. The largest absolute Gasteiger partial charge is 0.504 e. The Morgan fingerprint density at radius 1 is 1.19 bits per heavy atom.